The van der Waals surface area contributed by atoms with E-state index < -0.39 is 0 Å². The van der Waals surface area contributed by atoms with Crippen LogP contribution >= 0.6 is 15.9 Å². The molecule has 1 heterocycles. The van der Waals surface area contributed by atoms with E-state index in [1.54, 1.807) is 0 Å². The van der Waals surface area contributed by atoms with Crippen LogP contribution in [0.3, 0.4) is 0 Å². The van der Waals surface area contributed by atoms with Gasteiger partial charge in [-0.1, -0.05) is 34.1 Å². The molecule has 1 aromatic carbocycles. The summed E-state index contributed by atoms with van der Waals surface area (Å²) in [6, 6.07) is 9.48. The van der Waals surface area contributed by atoms with Crippen molar-refractivity contribution in [2.75, 3.05) is 20.1 Å². The molecule has 1 aliphatic heterocycles. The summed E-state index contributed by atoms with van der Waals surface area (Å²) in [4.78, 5) is 2.38. The number of nitrogens with one attached hydrogen (secondary N) is 1. The van der Waals surface area contributed by atoms with Gasteiger partial charge in [-0.25, -0.2) is 0 Å². The third-order valence-corrected chi connectivity index (χ3v) is 3.97. The largest absolute Gasteiger partial charge is 0.306 e. The molecule has 2 rings (SSSR count). The van der Waals surface area contributed by atoms with Crippen molar-refractivity contribution in [1.82, 2.24) is 10.2 Å². The van der Waals surface area contributed by atoms with E-state index in [9.17, 15) is 0 Å². The molecular formula is C13H19BrN2. The van der Waals surface area contributed by atoms with E-state index in [0.29, 0.717) is 12.1 Å². The fourth-order valence-electron chi connectivity index (χ4n) is 2.34. The summed E-state index contributed by atoms with van der Waals surface area (Å²) in [5, 5.41) is 3.69. The molecule has 0 aliphatic carbocycles. The standard InChI is InChI=1S/C13H19BrN2/c1-10(12-5-3-4-6-13(12)14)15-11-7-8-16(2)9-11/h3-6,10-11,15H,7-9H2,1-2H3/t10-,11?/m0/s1. The lowest BCUT2D eigenvalue weighted by Crippen LogP contribution is -2.33. The average Bonchev–Trinajstić information content (AvgIpc) is 2.64. The number of benzene rings is 1. The fraction of sp³-hybridized carbons (Fsp3) is 0.538. The van der Waals surface area contributed by atoms with E-state index in [1.807, 2.05) is 0 Å². The van der Waals surface area contributed by atoms with Crippen LogP contribution < -0.4 is 5.32 Å². The van der Waals surface area contributed by atoms with Crippen molar-refractivity contribution in [3.8, 4) is 0 Å². The van der Waals surface area contributed by atoms with Gasteiger partial charge in [0.15, 0.2) is 0 Å². The second kappa shape index (κ2) is 5.30. The zero-order valence-corrected chi connectivity index (χ0v) is 11.5. The van der Waals surface area contributed by atoms with Crippen LogP contribution in [-0.4, -0.2) is 31.1 Å². The maximum atomic E-state index is 3.69. The van der Waals surface area contributed by atoms with Crippen molar-refractivity contribution < 1.29 is 0 Å². The van der Waals surface area contributed by atoms with Gasteiger partial charge >= 0.3 is 0 Å². The predicted molar refractivity (Wildman–Crippen MR) is 71.6 cm³/mol. The Morgan fingerprint density at radius 3 is 2.81 bits per heavy atom. The van der Waals surface area contributed by atoms with Crippen LogP contribution in [-0.2, 0) is 0 Å². The maximum absolute atomic E-state index is 3.69. The zero-order valence-electron chi connectivity index (χ0n) is 9.91. The summed E-state index contributed by atoms with van der Waals surface area (Å²) < 4.78 is 1.20. The molecule has 88 valence electrons. The molecule has 0 aromatic heterocycles. The molecule has 1 fully saturated rings. The van der Waals surface area contributed by atoms with Gasteiger partial charge in [0.1, 0.15) is 0 Å². The second-order valence-corrected chi connectivity index (χ2v) is 5.51. The molecule has 1 aromatic rings. The van der Waals surface area contributed by atoms with Crippen molar-refractivity contribution in [2.24, 2.45) is 0 Å². The highest BCUT2D eigenvalue weighted by molar-refractivity contribution is 9.10. The molecule has 1 unspecified atom stereocenters. The molecule has 16 heavy (non-hydrogen) atoms. The lowest BCUT2D eigenvalue weighted by molar-refractivity contribution is 0.387. The van der Waals surface area contributed by atoms with Gasteiger partial charge in [0.25, 0.3) is 0 Å². The van der Waals surface area contributed by atoms with Crippen molar-refractivity contribution in [3.63, 3.8) is 0 Å². The normalized spacial score (nSPS) is 23.6. The molecule has 1 N–H and O–H groups in total. The first-order valence-corrected chi connectivity index (χ1v) is 6.65. The van der Waals surface area contributed by atoms with Crippen LogP contribution in [0.1, 0.15) is 24.9 Å². The quantitative estimate of drug-likeness (QED) is 0.917. The van der Waals surface area contributed by atoms with E-state index in [4.69, 9.17) is 0 Å². The van der Waals surface area contributed by atoms with Gasteiger partial charge in [-0.3, -0.25) is 0 Å². The lowest BCUT2D eigenvalue weighted by atomic mass is 10.1. The van der Waals surface area contributed by atoms with E-state index in [2.05, 4.69) is 64.4 Å². The van der Waals surface area contributed by atoms with E-state index in [-0.39, 0.29) is 0 Å². The number of nitrogens with zero attached hydrogens (tertiary/aromatic N) is 1. The monoisotopic (exact) mass is 282 g/mol. The summed E-state index contributed by atoms with van der Waals surface area (Å²) in [5.74, 6) is 0. The molecule has 0 spiro atoms. The van der Waals surface area contributed by atoms with E-state index in [1.165, 1.54) is 23.0 Å². The Kier molecular flexibility index (Phi) is 4.00. The molecule has 0 amide bonds. The minimum absolute atomic E-state index is 0.409. The van der Waals surface area contributed by atoms with Gasteiger partial charge in [0, 0.05) is 23.1 Å². The molecule has 0 radical (unpaired) electrons. The van der Waals surface area contributed by atoms with Crippen molar-refractivity contribution in [3.05, 3.63) is 34.3 Å². The van der Waals surface area contributed by atoms with Gasteiger partial charge in [0.2, 0.25) is 0 Å². The first-order chi connectivity index (χ1) is 7.66. The zero-order chi connectivity index (χ0) is 11.5. The topological polar surface area (TPSA) is 15.3 Å². The average molecular weight is 283 g/mol. The Morgan fingerprint density at radius 1 is 1.44 bits per heavy atom. The highest BCUT2D eigenvalue weighted by Gasteiger charge is 2.21. The van der Waals surface area contributed by atoms with Crippen molar-refractivity contribution in [1.29, 1.82) is 0 Å². The minimum atomic E-state index is 0.409. The molecule has 3 heteroatoms. The Balaban J connectivity index is 1.98. The van der Waals surface area contributed by atoms with Crippen molar-refractivity contribution in [2.45, 2.75) is 25.4 Å². The number of rotatable bonds is 3. The maximum Gasteiger partial charge on any atom is 0.0306 e. The van der Waals surface area contributed by atoms with E-state index >= 15 is 0 Å². The smallest absolute Gasteiger partial charge is 0.0306 e. The molecule has 1 aliphatic rings. The molecule has 2 atom stereocenters. The summed E-state index contributed by atoms with van der Waals surface area (Å²) in [5.41, 5.74) is 1.34. The third kappa shape index (κ3) is 2.84. The van der Waals surface area contributed by atoms with Crippen LogP contribution in [0.2, 0.25) is 0 Å². The van der Waals surface area contributed by atoms with Crippen LogP contribution in [0.4, 0.5) is 0 Å². The first kappa shape index (κ1) is 12.1. The van der Waals surface area contributed by atoms with Gasteiger partial charge in [-0.15, -0.1) is 0 Å². The molecule has 2 nitrogen and oxygen atoms in total. The minimum Gasteiger partial charge on any atom is -0.306 e. The number of hydrogen-bond acceptors (Lipinski definition) is 2. The van der Waals surface area contributed by atoms with Gasteiger partial charge < -0.3 is 10.2 Å². The van der Waals surface area contributed by atoms with Crippen LogP contribution in [0.15, 0.2) is 28.7 Å². The van der Waals surface area contributed by atoms with Gasteiger partial charge in [0.05, 0.1) is 0 Å². The highest BCUT2D eigenvalue weighted by atomic mass is 79.9. The summed E-state index contributed by atoms with van der Waals surface area (Å²) in [6.45, 7) is 4.60. The predicted octanol–water partition coefficient (Wildman–Crippen LogP) is 2.80. The molecule has 0 saturated carbocycles. The van der Waals surface area contributed by atoms with Gasteiger partial charge in [-0.05, 0) is 38.6 Å². The Bertz CT molecular complexity index is 354. The fourth-order valence-corrected chi connectivity index (χ4v) is 2.97. The summed E-state index contributed by atoms with van der Waals surface area (Å²) in [6.07, 6.45) is 1.26. The molecular weight excluding hydrogens is 264 g/mol. The van der Waals surface area contributed by atoms with Crippen LogP contribution in [0.25, 0.3) is 0 Å². The lowest BCUT2D eigenvalue weighted by Gasteiger charge is -2.20. The number of likely N-dealkylation sites (N-methyl/N-ethyl adjacent to an activating group) is 1. The van der Waals surface area contributed by atoms with Crippen LogP contribution in [0.5, 0.6) is 0 Å². The summed E-state index contributed by atoms with van der Waals surface area (Å²) in [7, 11) is 2.19. The van der Waals surface area contributed by atoms with Gasteiger partial charge in [-0.2, -0.15) is 0 Å². The molecule has 0 bridgehead atoms. The SMILES string of the molecule is C[C@H](NC1CCN(C)C1)c1ccccc1Br. The Morgan fingerprint density at radius 2 is 2.19 bits per heavy atom. The number of halogens is 1. The highest BCUT2D eigenvalue weighted by Crippen LogP contribution is 2.24. The number of hydrogen-bond donors (Lipinski definition) is 1. The second-order valence-electron chi connectivity index (χ2n) is 4.66. The van der Waals surface area contributed by atoms with E-state index in [0.717, 1.165) is 6.54 Å². The summed E-state index contributed by atoms with van der Waals surface area (Å²) >= 11 is 3.61. The Labute approximate surface area is 106 Å². The number of likely N-dealkylation sites (tertiary alicyclic amines) is 1. The van der Waals surface area contributed by atoms with Crippen molar-refractivity contribution >= 4 is 15.9 Å². The van der Waals surface area contributed by atoms with Crippen LogP contribution in [0, 0.1) is 0 Å². The molecule has 1 saturated heterocycles. The Hall–Kier alpha value is -0.380. The third-order valence-electron chi connectivity index (χ3n) is 3.25. The first-order valence-electron chi connectivity index (χ1n) is 5.86.